The molecule has 72 valence electrons. The van der Waals surface area contributed by atoms with E-state index in [0.717, 1.165) is 14.6 Å². The quantitative estimate of drug-likeness (QED) is 0.742. The molecule has 0 aliphatic heterocycles. The molecule has 0 atom stereocenters. The molecular weight excluding hydrogens is 264 g/mol. The van der Waals surface area contributed by atoms with Crippen LogP contribution in [0.2, 0.25) is 0 Å². The molecule has 14 heavy (non-hydrogen) atoms. The van der Waals surface area contributed by atoms with Crippen LogP contribution in [0.1, 0.15) is 10.4 Å². The van der Waals surface area contributed by atoms with E-state index in [4.69, 9.17) is 0 Å². The first-order chi connectivity index (χ1) is 6.72. The number of methoxy groups -OCH3 is 1. The van der Waals surface area contributed by atoms with E-state index in [1.807, 2.05) is 17.5 Å². The summed E-state index contributed by atoms with van der Waals surface area (Å²) in [5, 5.41) is 3.06. The molecule has 1 heterocycles. The van der Waals surface area contributed by atoms with Crippen LogP contribution < -0.4 is 0 Å². The van der Waals surface area contributed by atoms with Crippen molar-refractivity contribution in [3.63, 3.8) is 0 Å². The fourth-order valence-electron chi connectivity index (χ4n) is 1.27. The van der Waals surface area contributed by atoms with Gasteiger partial charge in [-0.05, 0) is 44.9 Å². The van der Waals surface area contributed by atoms with Gasteiger partial charge >= 0.3 is 5.97 Å². The van der Waals surface area contributed by atoms with Gasteiger partial charge in [0.1, 0.15) is 0 Å². The van der Waals surface area contributed by atoms with Gasteiger partial charge in [0.25, 0.3) is 0 Å². The zero-order valence-electron chi connectivity index (χ0n) is 7.41. The number of carbonyl (C=O) groups is 1. The van der Waals surface area contributed by atoms with Crippen LogP contribution in [0.25, 0.3) is 10.1 Å². The first-order valence-corrected chi connectivity index (χ1v) is 5.64. The Balaban J connectivity index is 2.64. The summed E-state index contributed by atoms with van der Waals surface area (Å²) in [5.74, 6) is -0.307. The highest BCUT2D eigenvalue weighted by atomic mass is 79.9. The van der Waals surface area contributed by atoms with Crippen molar-refractivity contribution in [2.24, 2.45) is 0 Å². The van der Waals surface area contributed by atoms with E-state index in [1.54, 1.807) is 17.4 Å². The molecule has 0 saturated heterocycles. The lowest BCUT2D eigenvalue weighted by molar-refractivity contribution is 0.0601. The summed E-state index contributed by atoms with van der Waals surface area (Å²) in [4.78, 5) is 11.3. The number of hydrogen-bond acceptors (Lipinski definition) is 3. The normalized spacial score (nSPS) is 10.4. The van der Waals surface area contributed by atoms with Gasteiger partial charge in [0.2, 0.25) is 0 Å². The number of benzene rings is 1. The van der Waals surface area contributed by atoms with Gasteiger partial charge in [0.15, 0.2) is 0 Å². The summed E-state index contributed by atoms with van der Waals surface area (Å²) in [6.45, 7) is 0. The van der Waals surface area contributed by atoms with Gasteiger partial charge in [-0.2, -0.15) is 0 Å². The van der Waals surface area contributed by atoms with Gasteiger partial charge in [-0.25, -0.2) is 4.79 Å². The molecule has 0 amide bonds. The summed E-state index contributed by atoms with van der Waals surface area (Å²) in [5.41, 5.74) is 0.574. The standard InChI is InChI=1S/C10H7BrO2S/c1-13-10(12)7-4-6-2-3-14-9(6)8(11)5-7/h2-5H,1H3. The van der Waals surface area contributed by atoms with Crippen LogP contribution in [0.5, 0.6) is 0 Å². The molecular formula is C10H7BrO2S. The molecule has 0 unspecified atom stereocenters. The molecule has 1 aromatic carbocycles. The summed E-state index contributed by atoms with van der Waals surface area (Å²) < 4.78 is 6.75. The molecule has 0 spiro atoms. The number of thiophene rings is 1. The van der Waals surface area contributed by atoms with E-state index >= 15 is 0 Å². The second-order valence-corrected chi connectivity index (χ2v) is 4.56. The van der Waals surface area contributed by atoms with Crippen molar-refractivity contribution >= 4 is 43.3 Å². The fraction of sp³-hybridized carbons (Fsp3) is 0.100. The minimum atomic E-state index is -0.307. The largest absolute Gasteiger partial charge is 0.465 e. The molecule has 2 rings (SSSR count). The third-order valence-corrected chi connectivity index (χ3v) is 3.78. The van der Waals surface area contributed by atoms with E-state index in [1.165, 1.54) is 7.11 Å². The number of hydrogen-bond donors (Lipinski definition) is 0. The smallest absolute Gasteiger partial charge is 0.337 e. The fourth-order valence-corrected chi connectivity index (χ4v) is 2.82. The lowest BCUT2D eigenvalue weighted by Crippen LogP contribution is -2.00. The first-order valence-electron chi connectivity index (χ1n) is 3.97. The Morgan fingerprint density at radius 2 is 2.29 bits per heavy atom. The van der Waals surface area contributed by atoms with Crippen LogP contribution in [0.15, 0.2) is 28.1 Å². The highest BCUT2D eigenvalue weighted by molar-refractivity contribution is 9.10. The van der Waals surface area contributed by atoms with Gasteiger partial charge in [0, 0.05) is 9.17 Å². The predicted octanol–water partition coefficient (Wildman–Crippen LogP) is 3.45. The Kier molecular flexibility index (Phi) is 2.56. The highest BCUT2D eigenvalue weighted by Gasteiger charge is 2.09. The van der Waals surface area contributed by atoms with Crippen LogP contribution in [-0.2, 0) is 4.74 Å². The summed E-state index contributed by atoms with van der Waals surface area (Å²) in [7, 11) is 1.38. The molecule has 0 aliphatic rings. The van der Waals surface area contributed by atoms with E-state index in [9.17, 15) is 4.79 Å². The first kappa shape index (κ1) is 9.68. The van der Waals surface area contributed by atoms with E-state index in [0.29, 0.717) is 5.56 Å². The monoisotopic (exact) mass is 270 g/mol. The number of rotatable bonds is 1. The number of halogens is 1. The average molecular weight is 271 g/mol. The highest BCUT2D eigenvalue weighted by Crippen LogP contribution is 2.30. The maximum absolute atomic E-state index is 11.3. The molecule has 0 fully saturated rings. The number of ether oxygens (including phenoxy) is 1. The summed E-state index contributed by atoms with van der Waals surface area (Å²) >= 11 is 5.07. The van der Waals surface area contributed by atoms with Crippen molar-refractivity contribution < 1.29 is 9.53 Å². The third kappa shape index (κ3) is 1.55. The second kappa shape index (κ2) is 3.71. The van der Waals surface area contributed by atoms with Crippen molar-refractivity contribution in [2.75, 3.05) is 7.11 Å². The molecule has 1 aromatic heterocycles. The lowest BCUT2D eigenvalue weighted by Gasteiger charge is -2.00. The molecule has 0 aliphatic carbocycles. The molecule has 0 radical (unpaired) electrons. The Morgan fingerprint density at radius 3 is 3.00 bits per heavy atom. The van der Waals surface area contributed by atoms with Crippen LogP contribution in [0.3, 0.4) is 0 Å². The van der Waals surface area contributed by atoms with Crippen LogP contribution in [-0.4, -0.2) is 13.1 Å². The number of esters is 1. The van der Waals surface area contributed by atoms with Gasteiger partial charge < -0.3 is 4.74 Å². The SMILES string of the molecule is COC(=O)c1cc(Br)c2sccc2c1. The Labute approximate surface area is 93.6 Å². The van der Waals surface area contributed by atoms with E-state index < -0.39 is 0 Å². The third-order valence-electron chi connectivity index (χ3n) is 1.93. The van der Waals surface area contributed by atoms with Gasteiger partial charge in [-0.3, -0.25) is 0 Å². The second-order valence-electron chi connectivity index (χ2n) is 2.79. The van der Waals surface area contributed by atoms with Crippen LogP contribution in [0.4, 0.5) is 0 Å². The zero-order valence-corrected chi connectivity index (χ0v) is 9.81. The molecule has 0 N–H and O–H groups in total. The zero-order chi connectivity index (χ0) is 10.1. The van der Waals surface area contributed by atoms with Crippen molar-refractivity contribution in [3.8, 4) is 0 Å². The molecule has 0 saturated carbocycles. The van der Waals surface area contributed by atoms with Gasteiger partial charge in [-0.1, -0.05) is 0 Å². The lowest BCUT2D eigenvalue weighted by atomic mass is 10.2. The molecule has 0 bridgehead atoms. The maximum Gasteiger partial charge on any atom is 0.337 e. The van der Waals surface area contributed by atoms with Crippen molar-refractivity contribution in [1.82, 2.24) is 0 Å². The molecule has 2 nitrogen and oxygen atoms in total. The molecule has 2 aromatic rings. The van der Waals surface area contributed by atoms with Crippen LogP contribution in [0, 0.1) is 0 Å². The van der Waals surface area contributed by atoms with Crippen molar-refractivity contribution in [3.05, 3.63) is 33.6 Å². The Bertz CT molecular complexity index is 490. The Hall–Kier alpha value is -0.870. The predicted molar refractivity (Wildman–Crippen MR) is 60.9 cm³/mol. The maximum atomic E-state index is 11.3. The van der Waals surface area contributed by atoms with Gasteiger partial charge in [0.05, 0.1) is 12.7 Å². The minimum Gasteiger partial charge on any atom is -0.465 e. The number of carbonyl (C=O) groups excluding carboxylic acids is 1. The Morgan fingerprint density at radius 1 is 1.50 bits per heavy atom. The average Bonchev–Trinajstić information content (AvgIpc) is 2.64. The molecule has 4 heteroatoms. The van der Waals surface area contributed by atoms with Crippen molar-refractivity contribution in [1.29, 1.82) is 0 Å². The van der Waals surface area contributed by atoms with Gasteiger partial charge in [-0.15, -0.1) is 11.3 Å². The van der Waals surface area contributed by atoms with E-state index in [2.05, 4.69) is 20.7 Å². The van der Waals surface area contributed by atoms with Crippen LogP contribution >= 0.6 is 27.3 Å². The topological polar surface area (TPSA) is 26.3 Å². The summed E-state index contributed by atoms with van der Waals surface area (Å²) in [6, 6.07) is 5.60. The summed E-state index contributed by atoms with van der Waals surface area (Å²) in [6.07, 6.45) is 0. The minimum absolute atomic E-state index is 0.307. The van der Waals surface area contributed by atoms with E-state index in [-0.39, 0.29) is 5.97 Å². The van der Waals surface area contributed by atoms with Crippen molar-refractivity contribution in [2.45, 2.75) is 0 Å². The number of fused-ring (bicyclic) bond motifs is 1.